The highest BCUT2D eigenvalue weighted by atomic mass is 32.2. The van der Waals surface area contributed by atoms with Gasteiger partial charge in [-0.25, -0.2) is 13.4 Å². The number of aliphatic hydroxyl groups excluding tert-OH is 1. The predicted molar refractivity (Wildman–Crippen MR) is 76.1 cm³/mol. The van der Waals surface area contributed by atoms with Crippen molar-refractivity contribution in [3.8, 4) is 0 Å². The summed E-state index contributed by atoms with van der Waals surface area (Å²) in [6.07, 6.45) is 2.89. The number of amides is 1. The molecule has 1 aliphatic heterocycles. The number of anilines is 1. The van der Waals surface area contributed by atoms with Crippen molar-refractivity contribution < 1.29 is 18.3 Å². The molecule has 0 unspecified atom stereocenters. The second kappa shape index (κ2) is 6.06. The van der Waals surface area contributed by atoms with Gasteiger partial charge in [0.2, 0.25) is 15.9 Å². The summed E-state index contributed by atoms with van der Waals surface area (Å²) in [6.45, 7) is 0.631. The van der Waals surface area contributed by atoms with Gasteiger partial charge in [-0.3, -0.25) is 9.52 Å². The normalized spacial score (nSPS) is 19.3. The molecular weight excluding hydrogens is 302 g/mol. The van der Waals surface area contributed by atoms with Crippen LogP contribution in [0.4, 0.5) is 5.13 Å². The van der Waals surface area contributed by atoms with Crippen LogP contribution >= 0.6 is 11.3 Å². The molecule has 1 aliphatic rings. The van der Waals surface area contributed by atoms with Crippen LogP contribution in [0.3, 0.4) is 0 Å². The van der Waals surface area contributed by atoms with Crippen molar-refractivity contribution >= 4 is 32.4 Å². The van der Waals surface area contributed by atoms with E-state index in [0.717, 1.165) is 30.4 Å². The summed E-state index contributed by atoms with van der Waals surface area (Å²) in [5.41, 5.74) is 0.537. The number of hydrogen-bond acceptors (Lipinski definition) is 6. The lowest BCUT2D eigenvalue weighted by Crippen LogP contribution is -2.38. The standard InChI is InChI=1S/C11H17N3O4S2/c1-20(17,18)13-11-12-8(7-19-11)5-10(16)14-4-2-3-9(14)6-15/h7,9,15H,2-6H2,1H3,(H,12,13)/t9-/m0/s1. The molecule has 7 nitrogen and oxygen atoms in total. The van der Waals surface area contributed by atoms with Crippen LogP contribution in [0.15, 0.2) is 5.38 Å². The highest BCUT2D eigenvalue weighted by Crippen LogP contribution is 2.20. The van der Waals surface area contributed by atoms with E-state index < -0.39 is 10.0 Å². The molecule has 1 amide bonds. The lowest BCUT2D eigenvalue weighted by atomic mass is 10.2. The molecule has 1 aromatic rings. The molecule has 1 aromatic heterocycles. The van der Waals surface area contributed by atoms with Gasteiger partial charge in [-0.1, -0.05) is 0 Å². The number of carbonyl (C=O) groups is 1. The molecule has 0 spiro atoms. The molecular formula is C11H17N3O4S2. The molecule has 112 valence electrons. The molecule has 2 rings (SSSR count). The largest absolute Gasteiger partial charge is 0.394 e. The molecule has 1 fully saturated rings. The van der Waals surface area contributed by atoms with Crippen LogP contribution in [0.5, 0.6) is 0 Å². The third-order valence-electron chi connectivity index (χ3n) is 3.07. The molecule has 0 saturated carbocycles. The molecule has 0 aromatic carbocycles. The van der Waals surface area contributed by atoms with E-state index in [9.17, 15) is 18.3 Å². The van der Waals surface area contributed by atoms with Gasteiger partial charge in [-0.15, -0.1) is 11.3 Å². The lowest BCUT2D eigenvalue weighted by molar-refractivity contribution is -0.132. The molecule has 20 heavy (non-hydrogen) atoms. The Bertz CT molecular complexity index is 584. The first-order chi connectivity index (χ1) is 9.39. The zero-order chi connectivity index (χ0) is 14.8. The fourth-order valence-corrected chi connectivity index (χ4v) is 3.77. The van der Waals surface area contributed by atoms with E-state index in [0.29, 0.717) is 12.2 Å². The fourth-order valence-electron chi connectivity index (χ4n) is 2.20. The first-order valence-electron chi connectivity index (χ1n) is 6.21. The maximum atomic E-state index is 12.1. The summed E-state index contributed by atoms with van der Waals surface area (Å²) >= 11 is 1.15. The molecule has 2 N–H and O–H groups in total. The van der Waals surface area contributed by atoms with Gasteiger partial charge >= 0.3 is 0 Å². The van der Waals surface area contributed by atoms with Crippen molar-refractivity contribution in [2.75, 3.05) is 24.1 Å². The second-order valence-corrected chi connectivity index (χ2v) is 7.37. The first kappa shape index (κ1) is 15.2. The minimum absolute atomic E-state index is 0.0241. The van der Waals surface area contributed by atoms with E-state index in [2.05, 4.69) is 9.71 Å². The van der Waals surface area contributed by atoms with Crippen molar-refractivity contribution in [1.82, 2.24) is 9.88 Å². The van der Waals surface area contributed by atoms with Crippen molar-refractivity contribution in [3.63, 3.8) is 0 Å². The van der Waals surface area contributed by atoms with Gasteiger partial charge in [0.05, 0.1) is 31.0 Å². The van der Waals surface area contributed by atoms with E-state index in [1.807, 2.05) is 0 Å². The summed E-state index contributed by atoms with van der Waals surface area (Å²) < 4.78 is 24.4. The average molecular weight is 319 g/mol. The van der Waals surface area contributed by atoms with Crippen molar-refractivity contribution in [3.05, 3.63) is 11.1 Å². The van der Waals surface area contributed by atoms with Crippen LogP contribution in [-0.2, 0) is 21.2 Å². The Kier molecular flexibility index (Phi) is 4.61. The molecule has 0 bridgehead atoms. The van der Waals surface area contributed by atoms with Crippen LogP contribution in [0.2, 0.25) is 0 Å². The second-order valence-electron chi connectivity index (χ2n) is 4.76. The predicted octanol–water partition coefficient (Wildman–Crippen LogP) is 0.0404. The quantitative estimate of drug-likeness (QED) is 0.798. The number of aromatic nitrogens is 1. The maximum Gasteiger partial charge on any atom is 0.231 e. The fraction of sp³-hybridized carbons (Fsp3) is 0.636. The Hall–Kier alpha value is -1.19. The van der Waals surface area contributed by atoms with Crippen LogP contribution in [0.25, 0.3) is 0 Å². The Labute approximate surface area is 121 Å². The van der Waals surface area contributed by atoms with Crippen molar-refractivity contribution in [2.45, 2.75) is 25.3 Å². The smallest absolute Gasteiger partial charge is 0.231 e. The molecule has 0 aliphatic carbocycles. The van der Waals surface area contributed by atoms with E-state index in [4.69, 9.17) is 0 Å². The van der Waals surface area contributed by atoms with Crippen molar-refractivity contribution in [1.29, 1.82) is 0 Å². The van der Waals surface area contributed by atoms with Gasteiger partial charge in [0.25, 0.3) is 0 Å². The van der Waals surface area contributed by atoms with Gasteiger partial charge in [-0.05, 0) is 12.8 Å². The Balaban J connectivity index is 1.98. The Morgan fingerprint density at radius 3 is 3.05 bits per heavy atom. The lowest BCUT2D eigenvalue weighted by Gasteiger charge is -2.22. The number of likely N-dealkylation sites (tertiary alicyclic amines) is 1. The summed E-state index contributed by atoms with van der Waals surface area (Å²) in [5, 5.41) is 11.1. The van der Waals surface area contributed by atoms with Gasteiger partial charge < -0.3 is 10.0 Å². The number of carbonyl (C=O) groups excluding carboxylic acids is 1. The minimum atomic E-state index is -3.35. The Morgan fingerprint density at radius 1 is 1.65 bits per heavy atom. The number of hydrogen-bond donors (Lipinski definition) is 2. The summed E-state index contributed by atoms with van der Waals surface area (Å²) in [7, 11) is -3.35. The van der Waals surface area contributed by atoms with E-state index in [1.54, 1.807) is 10.3 Å². The van der Waals surface area contributed by atoms with E-state index in [-0.39, 0.29) is 30.1 Å². The third-order valence-corrected chi connectivity index (χ3v) is 4.56. The van der Waals surface area contributed by atoms with Crippen molar-refractivity contribution in [2.24, 2.45) is 0 Å². The molecule has 2 heterocycles. The Morgan fingerprint density at radius 2 is 2.40 bits per heavy atom. The van der Waals surface area contributed by atoms with Crippen LogP contribution in [0.1, 0.15) is 18.5 Å². The maximum absolute atomic E-state index is 12.1. The summed E-state index contributed by atoms with van der Waals surface area (Å²) in [6, 6.07) is -0.102. The molecule has 0 radical (unpaired) electrons. The number of aliphatic hydroxyl groups is 1. The number of thiazole rings is 1. The van der Waals surface area contributed by atoms with Gasteiger partial charge in [0, 0.05) is 11.9 Å². The third kappa shape index (κ3) is 3.90. The average Bonchev–Trinajstić information content (AvgIpc) is 2.95. The SMILES string of the molecule is CS(=O)(=O)Nc1nc(CC(=O)N2CCC[C@H]2CO)cs1. The highest BCUT2D eigenvalue weighted by molar-refractivity contribution is 7.92. The van der Waals surface area contributed by atoms with E-state index in [1.165, 1.54) is 0 Å². The summed E-state index contributed by atoms with van der Waals surface area (Å²) in [4.78, 5) is 17.9. The van der Waals surface area contributed by atoms with Crippen LogP contribution in [0, 0.1) is 0 Å². The number of nitrogens with zero attached hydrogens (tertiary/aromatic N) is 2. The van der Waals surface area contributed by atoms with Gasteiger partial charge in [0.15, 0.2) is 5.13 Å². The van der Waals surface area contributed by atoms with Crippen LogP contribution < -0.4 is 4.72 Å². The van der Waals surface area contributed by atoms with Gasteiger partial charge in [-0.2, -0.15) is 0 Å². The zero-order valence-corrected chi connectivity index (χ0v) is 12.7. The van der Waals surface area contributed by atoms with Crippen LogP contribution in [-0.4, -0.2) is 54.8 Å². The first-order valence-corrected chi connectivity index (χ1v) is 8.98. The topological polar surface area (TPSA) is 99.6 Å². The van der Waals surface area contributed by atoms with E-state index >= 15 is 0 Å². The van der Waals surface area contributed by atoms with Gasteiger partial charge in [0.1, 0.15) is 0 Å². The molecule has 1 atom stereocenters. The molecule has 1 saturated heterocycles. The highest BCUT2D eigenvalue weighted by Gasteiger charge is 2.28. The number of rotatable bonds is 5. The minimum Gasteiger partial charge on any atom is -0.394 e. The number of nitrogens with one attached hydrogen (secondary N) is 1. The zero-order valence-electron chi connectivity index (χ0n) is 11.1. The number of sulfonamides is 1. The summed E-state index contributed by atoms with van der Waals surface area (Å²) in [5.74, 6) is -0.0854. The monoisotopic (exact) mass is 319 g/mol. The molecule has 9 heteroatoms.